The van der Waals surface area contributed by atoms with Crippen LogP contribution in [-0.4, -0.2) is 43.0 Å². The smallest absolute Gasteiger partial charge is 0.410 e. The third kappa shape index (κ3) is 8.47. The molecule has 0 saturated heterocycles. The van der Waals surface area contributed by atoms with Gasteiger partial charge in [-0.2, -0.15) is 0 Å². The second-order valence-electron chi connectivity index (χ2n) is 11.5. The van der Waals surface area contributed by atoms with Gasteiger partial charge in [0.1, 0.15) is 5.60 Å². The van der Waals surface area contributed by atoms with Crippen LogP contribution in [0.1, 0.15) is 73.9 Å². The predicted molar refractivity (Wildman–Crippen MR) is 123 cm³/mol. The number of rotatable bonds is 6. The zero-order valence-electron chi connectivity index (χ0n) is 20.4. The van der Waals surface area contributed by atoms with E-state index in [-0.39, 0.29) is 22.6 Å². The Morgan fingerprint density at radius 2 is 1.55 bits per heavy atom. The summed E-state index contributed by atoms with van der Waals surface area (Å²) in [6, 6.07) is 3.68. The van der Waals surface area contributed by atoms with Gasteiger partial charge < -0.3 is 9.16 Å². The summed E-state index contributed by atoms with van der Waals surface area (Å²) in [5.74, 6) is 0. The molecule has 166 valence electrons. The van der Waals surface area contributed by atoms with Crippen molar-refractivity contribution in [1.82, 2.24) is 9.88 Å². The quantitative estimate of drug-likeness (QED) is 0.496. The summed E-state index contributed by atoms with van der Waals surface area (Å²) in [6.07, 6.45) is 3.21. The van der Waals surface area contributed by atoms with Gasteiger partial charge in [-0.15, -0.1) is 0 Å². The molecule has 1 rings (SSSR count). The zero-order valence-corrected chi connectivity index (χ0v) is 21.4. The Kier molecular flexibility index (Phi) is 8.10. The Balaban J connectivity index is 3.31. The molecule has 0 radical (unpaired) electrons. The highest BCUT2D eigenvalue weighted by atomic mass is 28.4. The summed E-state index contributed by atoms with van der Waals surface area (Å²) in [4.78, 5) is 19.2. The van der Waals surface area contributed by atoms with E-state index in [2.05, 4.69) is 59.6 Å². The maximum atomic E-state index is 13.2. The number of hydrogen-bond acceptors (Lipinski definition) is 4. The molecule has 1 aromatic heterocycles. The van der Waals surface area contributed by atoms with Crippen LogP contribution in [0.2, 0.25) is 18.1 Å². The van der Waals surface area contributed by atoms with E-state index in [4.69, 9.17) is 9.16 Å². The largest absolute Gasteiger partial charge is 0.444 e. The SMILES string of the molecule is CC(C)(C)CN(C(=O)OC(C)(C)C)C(CO[Si](C)(C)C(C)(C)C)c1ccncc1. The Labute approximate surface area is 179 Å². The van der Waals surface area contributed by atoms with Crippen molar-refractivity contribution in [3.63, 3.8) is 0 Å². The second kappa shape index (κ2) is 9.17. The van der Waals surface area contributed by atoms with Crippen LogP contribution in [0.5, 0.6) is 0 Å². The van der Waals surface area contributed by atoms with E-state index in [9.17, 15) is 4.79 Å². The maximum Gasteiger partial charge on any atom is 0.410 e. The van der Waals surface area contributed by atoms with Crippen LogP contribution in [0.3, 0.4) is 0 Å². The molecule has 0 aromatic carbocycles. The molecular weight excluding hydrogens is 380 g/mol. The molecule has 0 aliphatic rings. The highest BCUT2D eigenvalue weighted by molar-refractivity contribution is 6.74. The van der Waals surface area contributed by atoms with Gasteiger partial charge in [-0.25, -0.2) is 4.79 Å². The highest BCUT2D eigenvalue weighted by Gasteiger charge is 2.39. The van der Waals surface area contributed by atoms with Crippen LogP contribution in [-0.2, 0) is 9.16 Å². The van der Waals surface area contributed by atoms with Gasteiger partial charge >= 0.3 is 6.09 Å². The Bertz CT molecular complexity index is 655. The van der Waals surface area contributed by atoms with E-state index >= 15 is 0 Å². The highest BCUT2D eigenvalue weighted by Crippen LogP contribution is 2.38. The van der Waals surface area contributed by atoms with Crippen molar-refractivity contribution in [3.8, 4) is 0 Å². The van der Waals surface area contributed by atoms with Crippen LogP contribution in [0.4, 0.5) is 4.79 Å². The fourth-order valence-electron chi connectivity index (χ4n) is 2.59. The predicted octanol–water partition coefficient (Wildman–Crippen LogP) is 6.43. The number of pyridine rings is 1. The summed E-state index contributed by atoms with van der Waals surface area (Å²) in [5.41, 5.74) is 0.365. The standard InChI is InChI=1S/C23H42N2O3Si/c1-21(2,3)17-25(20(26)28-22(4,5)6)19(18-12-14-24-15-13-18)16-27-29(10,11)23(7,8)9/h12-15,19H,16-17H2,1-11H3. The summed E-state index contributed by atoms with van der Waals surface area (Å²) < 4.78 is 12.3. The van der Waals surface area contributed by atoms with E-state index in [1.165, 1.54) is 0 Å². The third-order valence-corrected chi connectivity index (χ3v) is 9.65. The molecule has 0 aliphatic heterocycles. The zero-order chi connectivity index (χ0) is 22.7. The number of carbonyl (C=O) groups excluding carboxylic acids is 1. The number of amides is 1. The molecule has 0 aliphatic carbocycles. The van der Waals surface area contributed by atoms with Crippen molar-refractivity contribution in [2.75, 3.05) is 13.2 Å². The number of carbonyl (C=O) groups is 1. The van der Waals surface area contributed by atoms with Crippen molar-refractivity contribution in [2.24, 2.45) is 5.41 Å². The summed E-state index contributed by atoms with van der Waals surface area (Å²) in [6.45, 7) is 24.2. The van der Waals surface area contributed by atoms with Crippen molar-refractivity contribution in [1.29, 1.82) is 0 Å². The lowest BCUT2D eigenvalue weighted by atomic mass is 9.94. The first-order valence-electron chi connectivity index (χ1n) is 10.5. The first-order chi connectivity index (χ1) is 12.9. The third-order valence-electron chi connectivity index (χ3n) is 5.15. The van der Waals surface area contributed by atoms with Crippen LogP contribution < -0.4 is 0 Å². The average Bonchev–Trinajstić information content (AvgIpc) is 2.51. The van der Waals surface area contributed by atoms with Gasteiger partial charge in [0.25, 0.3) is 0 Å². The number of hydrogen-bond donors (Lipinski definition) is 0. The monoisotopic (exact) mass is 422 g/mol. The van der Waals surface area contributed by atoms with Gasteiger partial charge in [0.05, 0.1) is 12.6 Å². The van der Waals surface area contributed by atoms with Gasteiger partial charge in [0, 0.05) is 18.9 Å². The van der Waals surface area contributed by atoms with E-state index < -0.39 is 13.9 Å². The fourth-order valence-corrected chi connectivity index (χ4v) is 3.60. The average molecular weight is 423 g/mol. The van der Waals surface area contributed by atoms with Gasteiger partial charge in [0.15, 0.2) is 8.32 Å². The van der Waals surface area contributed by atoms with Crippen LogP contribution in [0.15, 0.2) is 24.5 Å². The minimum absolute atomic E-state index is 0.0842. The Morgan fingerprint density at radius 3 is 1.97 bits per heavy atom. The van der Waals surface area contributed by atoms with Gasteiger partial charge in [0.2, 0.25) is 0 Å². The van der Waals surface area contributed by atoms with Gasteiger partial charge in [-0.1, -0.05) is 41.5 Å². The lowest BCUT2D eigenvalue weighted by Gasteiger charge is -2.41. The van der Waals surface area contributed by atoms with E-state index in [0.717, 1.165) is 5.56 Å². The van der Waals surface area contributed by atoms with Gasteiger partial charge in [-0.3, -0.25) is 9.88 Å². The molecular formula is C23H42N2O3Si. The first-order valence-corrected chi connectivity index (χ1v) is 13.4. The second-order valence-corrected chi connectivity index (χ2v) is 16.3. The van der Waals surface area contributed by atoms with Crippen molar-refractivity contribution >= 4 is 14.4 Å². The normalized spacial score (nSPS) is 14.4. The summed E-state index contributed by atoms with van der Waals surface area (Å²) in [5, 5.41) is 0.0938. The Morgan fingerprint density at radius 1 is 1.03 bits per heavy atom. The lowest BCUT2D eigenvalue weighted by molar-refractivity contribution is 0.00137. The van der Waals surface area contributed by atoms with Crippen LogP contribution in [0, 0.1) is 5.41 Å². The van der Waals surface area contributed by atoms with Crippen LogP contribution in [0.25, 0.3) is 0 Å². The fraction of sp³-hybridized carbons (Fsp3) is 0.739. The Hall–Kier alpha value is -1.40. The molecule has 1 atom stereocenters. The molecule has 0 N–H and O–H groups in total. The number of nitrogens with zero attached hydrogens (tertiary/aromatic N) is 2. The molecule has 1 unspecified atom stereocenters. The molecule has 0 saturated carbocycles. The maximum absolute atomic E-state index is 13.2. The van der Waals surface area contributed by atoms with E-state index in [0.29, 0.717) is 13.2 Å². The summed E-state index contributed by atoms with van der Waals surface area (Å²) in [7, 11) is -1.98. The molecule has 29 heavy (non-hydrogen) atoms. The van der Waals surface area contributed by atoms with E-state index in [1.54, 1.807) is 12.4 Å². The minimum Gasteiger partial charge on any atom is -0.444 e. The number of aromatic nitrogens is 1. The van der Waals surface area contributed by atoms with Gasteiger partial charge in [-0.05, 0) is 62.0 Å². The summed E-state index contributed by atoms with van der Waals surface area (Å²) >= 11 is 0. The minimum atomic E-state index is -1.98. The number of ether oxygens (including phenoxy) is 1. The molecule has 1 aromatic rings. The molecule has 1 heterocycles. The van der Waals surface area contributed by atoms with Crippen molar-refractivity contribution in [2.45, 2.75) is 92.1 Å². The van der Waals surface area contributed by atoms with Crippen molar-refractivity contribution in [3.05, 3.63) is 30.1 Å². The topological polar surface area (TPSA) is 51.7 Å². The van der Waals surface area contributed by atoms with Crippen molar-refractivity contribution < 1.29 is 14.0 Å². The van der Waals surface area contributed by atoms with Crippen LogP contribution >= 0.6 is 0 Å². The van der Waals surface area contributed by atoms with E-state index in [1.807, 2.05) is 37.8 Å². The first kappa shape index (κ1) is 25.6. The molecule has 0 bridgehead atoms. The molecule has 0 spiro atoms. The molecule has 1 amide bonds. The molecule has 5 nitrogen and oxygen atoms in total. The lowest BCUT2D eigenvalue weighted by Crippen LogP contribution is -2.47. The molecule has 6 heteroatoms. The molecule has 0 fully saturated rings.